The van der Waals surface area contributed by atoms with Crippen LogP contribution in [0.5, 0.6) is 17.2 Å². The molecule has 0 saturated carbocycles. The number of pyridine rings is 1. The topological polar surface area (TPSA) is 118 Å². The van der Waals surface area contributed by atoms with Crippen LogP contribution >= 0.6 is 11.3 Å². The molecule has 204 valence electrons. The zero-order valence-corrected chi connectivity index (χ0v) is 23.1. The highest BCUT2D eigenvalue weighted by atomic mass is 32.1. The van der Waals surface area contributed by atoms with Gasteiger partial charge in [-0.15, -0.1) is 11.3 Å². The van der Waals surface area contributed by atoms with Gasteiger partial charge in [0.05, 0.1) is 44.4 Å². The second-order valence-electron chi connectivity index (χ2n) is 9.02. The monoisotopic (exact) mass is 549 g/mol. The maximum absolute atomic E-state index is 13.4. The molecule has 4 rings (SSSR count). The molecule has 0 radical (unpaired) electrons. The number of benzene rings is 1. The lowest BCUT2D eigenvalue weighted by atomic mass is 9.96. The summed E-state index contributed by atoms with van der Waals surface area (Å²) in [5, 5.41) is 11.7. The Balaban J connectivity index is 1.42. The molecule has 0 bridgehead atoms. The Bertz CT molecular complexity index is 1330. The molecule has 1 aliphatic heterocycles. The van der Waals surface area contributed by atoms with Crippen molar-refractivity contribution in [3.63, 3.8) is 0 Å². The van der Waals surface area contributed by atoms with Crippen molar-refractivity contribution in [3.8, 4) is 23.3 Å². The van der Waals surface area contributed by atoms with Gasteiger partial charge in [-0.2, -0.15) is 5.26 Å². The van der Waals surface area contributed by atoms with Crippen LogP contribution in [0.1, 0.15) is 56.6 Å². The first kappa shape index (κ1) is 27.9. The van der Waals surface area contributed by atoms with E-state index < -0.39 is 0 Å². The molecule has 10 nitrogen and oxygen atoms in total. The third kappa shape index (κ3) is 6.29. The number of hydrogen-bond donors (Lipinski definition) is 0. The molecule has 0 unspecified atom stereocenters. The molecule has 0 spiro atoms. The number of carbonyl (C=O) groups is 2. The van der Waals surface area contributed by atoms with Crippen LogP contribution in [0.2, 0.25) is 0 Å². The normalized spacial score (nSPS) is 13.4. The van der Waals surface area contributed by atoms with Crippen LogP contribution in [-0.4, -0.2) is 72.5 Å². The number of methoxy groups -OCH3 is 3. The van der Waals surface area contributed by atoms with Gasteiger partial charge >= 0.3 is 0 Å². The number of carbonyl (C=O) groups excluding carboxylic acids is 2. The minimum absolute atomic E-state index is 0.134. The van der Waals surface area contributed by atoms with Gasteiger partial charge in [0.25, 0.3) is 11.8 Å². The second-order valence-corrected chi connectivity index (χ2v) is 9.91. The molecule has 0 aliphatic carbocycles. The average Bonchev–Trinajstić information content (AvgIpc) is 3.48. The lowest BCUT2D eigenvalue weighted by molar-refractivity contribution is 0.0708. The smallest absolute Gasteiger partial charge is 0.273 e. The van der Waals surface area contributed by atoms with Gasteiger partial charge in [-0.25, -0.2) is 4.98 Å². The fourth-order valence-electron chi connectivity index (χ4n) is 4.65. The van der Waals surface area contributed by atoms with Crippen LogP contribution < -0.4 is 14.2 Å². The molecule has 1 aliphatic rings. The number of nitrogens with zero attached hydrogens (tertiary/aromatic N) is 5. The lowest BCUT2D eigenvalue weighted by Crippen LogP contribution is -2.38. The van der Waals surface area contributed by atoms with Gasteiger partial charge < -0.3 is 24.0 Å². The van der Waals surface area contributed by atoms with E-state index in [9.17, 15) is 9.59 Å². The van der Waals surface area contributed by atoms with Gasteiger partial charge in [-0.1, -0.05) is 6.07 Å². The molecule has 2 amide bonds. The van der Waals surface area contributed by atoms with Crippen LogP contribution in [0.25, 0.3) is 0 Å². The van der Waals surface area contributed by atoms with Crippen molar-refractivity contribution in [3.05, 3.63) is 63.9 Å². The Morgan fingerprint density at radius 3 is 2.54 bits per heavy atom. The number of nitriles is 1. The van der Waals surface area contributed by atoms with Crippen molar-refractivity contribution < 1.29 is 23.8 Å². The molecule has 1 aromatic carbocycles. The van der Waals surface area contributed by atoms with Crippen molar-refractivity contribution in [1.82, 2.24) is 19.8 Å². The first-order chi connectivity index (χ1) is 19.0. The van der Waals surface area contributed by atoms with E-state index in [1.165, 1.54) is 32.7 Å². The number of amides is 2. The second kappa shape index (κ2) is 13.1. The molecular formula is C28H31N5O5S. The molecule has 0 atom stereocenters. The summed E-state index contributed by atoms with van der Waals surface area (Å²) in [6, 6.07) is 9.22. The standard InChI is InChI=1S/C28H31N5O5S/c1-36-23-8-7-21(24(37-2)25(23)38-3)27(34)32-14-9-20(10-15-32)26-31-22(18-39-26)28(35)33(13-5-11-29)17-19-6-4-12-30-16-19/h4,6-8,12,16,18,20H,5,9-10,13-15,17H2,1-3H3. The quantitative estimate of drug-likeness (QED) is 0.370. The van der Waals surface area contributed by atoms with Crippen LogP contribution in [0, 0.1) is 11.3 Å². The van der Waals surface area contributed by atoms with Crippen molar-refractivity contribution >= 4 is 23.2 Å². The summed E-state index contributed by atoms with van der Waals surface area (Å²) in [5.41, 5.74) is 1.69. The maximum Gasteiger partial charge on any atom is 0.273 e. The molecule has 0 N–H and O–H groups in total. The first-order valence-electron chi connectivity index (χ1n) is 12.6. The van der Waals surface area contributed by atoms with E-state index in [0.717, 1.165) is 23.4 Å². The highest BCUT2D eigenvalue weighted by Crippen LogP contribution is 2.41. The van der Waals surface area contributed by atoms with Crippen LogP contribution in [0.15, 0.2) is 42.0 Å². The van der Waals surface area contributed by atoms with Gasteiger partial charge in [0, 0.05) is 49.9 Å². The van der Waals surface area contributed by atoms with E-state index in [-0.39, 0.29) is 24.2 Å². The largest absolute Gasteiger partial charge is 0.493 e. The molecular weight excluding hydrogens is 518 g/mol. The zero-order valence-electron chi connectivity index (χ0n) is 22.3. The average molecular weight is 550 g/mol. The molecule has 3 aromatic rings. The molecule has 2 aromatic heterocycles. The summed E-state index contributed by atoms with van der Waals surface area (Å²) in [4.78, 5) is 38.8. The highest BCUT2D eigenvalue weighted by Gasteiger charge is 2.30. The van der Waals surface area contributed by atoms with E-state index in [0.29, 0.717) is 54.7 Å². The van der Waals surface area contributed by atoms with Gasteiger partial charge in [-0.05, 0) is 36.6 Å². The van der Waals surface area contributed by atoms with E-state index in [2.05, 4.69) is 16.0 Å². The zero-order chi connectivity index (χ0) is 27.8. The van der Waals surface area contributed by atoms with Gasteiger partial charge in [0.1, 0.15) is 5.69 Å². The van der Waals surface area contributed by atoms with Crippen LogP contribution in [-0.2, 0) is 6.54 Å². The van der Waals surface area contributed by atoms with E-state index in [1.807, 2.05) is 12.1 Å². The SMILES string of the molecule is COc1ccc(C(=O)N2CCC(c3nc(C(=O)N(CCC#N)Cc4cccnc4)cs3)CC2)c(OC)c1OC. The minimum Gasteiger partial charge on any atom is -0.493 e. The van der Waals surface area contributed by atoms with Crippen LogP contribution in [0.4, 0.5) is 0 Å². The summed E-state index contributed by atoms with van der Waals surface area (Å²) in [5.74, 6) is 1.03. The fraction of sp³-hybridized carbons (Fsp3) is 0.393. The minimum atomic E-state index is -0.204. The first-order valence-corrected chi connectivity index (χ1v) is 13.5. The number of aromatic nitrogens is 2. The van der Waals surface area contributed by atoms with Crippen molar-refractivity contribution in [2.45, 2.75) is 31.7 Å². The predicted molar refractivity (Wildman–Crippen MR) is 145 cm³/mol. The van der Waals surface area contributed by atoms with Gasteiger partial charge in [0.15, 0.2) is 11.5 Å². The summed E-state index contributed by atoms with van der Waals surface area (Å²) < 4.78 is 16.3. The van der Waals surface area contributed by atoms with E-state index >= 15 is 0 Å². The number of piperidine rings is 1. The number of ether oxygens (including phenoxy) is 3. The number of hydrogen-bond acceptors (Lipinski definition) is 9. The van der Waals surface area contributed by atoms with Crippen molar-refractivity contribution in [2.75, 3.05) is 41.0 Å². The van der Waals surface area contributed by atoms with Crippen molar-refractivity contribution in [2.24, 2.45) is 0 Å². The Hall–Kier alpha value is -4.17. The summed E-state index contributed by atoms with van der Waals surface area (Å²) >= 11 is 1.46. The summed E-state index contributed by atoms with van der Waals surface area (Å²) in [7, 11) is 4.54. The third-order valence-corrected chi connectivity index (χ3v) is 7.69. The van der Waals surface area contributed by atoms with Gasteiger partial charge in [0.2, 0.25) is 5.75 Å². The molecule has 39 heavy (non-hydrogen) atoms. The number of likely N-dealkylation sites (tertiary alicyclic amines) is 1. The van der Waals surface area contributed by atoms with Crippen molar-refractivity contribution in [1.29, 1.82) is 5.26 Å². The molecule has 1 saturated heterocycles. The Morgan fingerprint density at radius 1 is 1.13 bits per heavy atom. The van der Waals surface area contributed by atoms with Gasteiger partial charge in [-0.3, -0.25) is 14.6 Å². The Kier molecular flexibility index (Phi) is 9.33. The molecule has 1 fully saturated rings. The summed E-state index contributed by atoms with van der Waals surface area (Å²) in [6.07, 6.45) is 5.10. The predicted octanol–water partition coefficient (Wildman–Crippen LogP) is 4.14. The van der Waals surface area contributed by atoms with Crippen LogP contribution in [0.3, 0.4) is 0 Å². The maximum atomic E-state index is 13.4. The number of thiazole rings is 1. The Morgan fingerprint density at radius 2 is 1.90 bits per heavy atom. The third-order valence-electron chi connectivity index (χ3n) is 6.68. The van der Waals surface area contributed by atoms with E-state index in [4.69, 9.17) is 19.5 Å². The highest BCUT2D eigenvalue weighted by molar-refractivity contribution is 7.09. The number of rotatable bonds is 10. The Labute approximate surface area is 231 Å². The molecule has 3 heterocycles. The fourth-order valence-corrected chi connectivity index (χ4v) is 5.62. The lowest BCUT2D eigenvalue weighted by Gasteiger charge is -2.31. The van der Waals surface area contributed by atoms with E-state index in [1.54, 1.807) is 39.7 Å². The summed E-state index contributed by atoms with van der Waals surface area (Å²) in [6.45, 7) is 1.79. The molecule has 11 heteroatoms.